The number of rotatable bonds is 2. The number of amides is 1. The van der Waals surface area contributed by atoms with Gasteiger partial charge in [-0.3, -0.25) is 4.79 Å². The summed E-state index contributed by atoms with van der Waals surface area (Å²) in [4.78, 5) is 12.1. The fourth-order valence-corrected chi connectivity index (χ4v) is 2.65. The van der Waals surface area contributed by atoms with Crippen LogP contribution in [-0.2, 0) is 0 Å². The van der Waals surface area contributed by atoms with Crippen LogP contribution in [0.1, 0.15) is 42.5 Å². The molecule has 5 heteroatoms. The van der Waals surface area contributed by atoms with Crippen LogP contribution in [-0.4, -0.2) is 18.0 Å². The minimum absolute atomic E-state index is 0.0428. The maximum absolute atomic E-state index is 13.3. The van der Waals surface area contributed by atoms with E-state index < -0.39 is 5.82 Å². The van der Waals surface area contributed by atoms with Gasteiger partial charge in [-0.15, -0.1) is 0 Å². The number of carbonyl (C=O) groups is 1. The molecule has 1 aromatic carbocycles. The minimum atomic E-state index is -0.584. The highest BCUT2D eigenvalue weighted by Gasteiger charge is 2.23. The van der Waals surface area contributed by atoms with Gasteiger partial charge in [0.25, 0.3) is 5.91 Å². The lowest BCUT2D eigenvalue weighted by molar-refractivity contribution is 0.0928. The summed E-state index contributed by atoms with van der Waals surface area (Å²) in [5, 5.41) is 2.74. The van der Waals surface area contributed by atoms with Crippen LogP contribution in [0.25, 0.3) is 0 Å². The third kappa shape index (κ3) is 3.45. The van der Waals surface area contributed by atoms with Crippen LogP contribution in [0.3, 0.4) is 0 Å². The van der Waals surface area contributed by atoms with E-state index in [0.29, 0.717) is 0 Å². The Morgan fingerprint density at radius 2 is 2.05 bits per heavy atom. The highest BCUT2D eigenvalue weighted by atomic mass is 35.5. The van der Waals surface area contributed by atoms with Crippen molar-refractivity contribution in [2.75, 3.05) is 0 Å². The first-order chi connectivity index (χ1) is 9.09. The molecule has 0 aliphatic heterocycles. The molecule has 3 nitrogen and oxygen atoms in total. The highest BCUT2D eigenvalue weighted by Crippen LogP contribution is 2.21. The predicted molar refractivity (Wildman–Crippen MR) is 73.7 cm³/mol. The van der Waals surface area contributed by atoms with Gasteiger partial charge in [-0.2, -0.15) is 0 Å². The molecule has 0 bridgehead atoms. The van der Waals surface area contributed by atoms with Crippen LogP contribution < -0.4 is 11.1 Å². The summed E-state index contributed by atoms with van der Waals surface area (Å²) in [7, 11) is 0. The van der Waals surface area contributed by atoms with Crippen LogP contribution in [0, 0.1) is 5.82 Å². The van der Waals surface area contributed by atoms with E-state index in [1.807, 2.05) is 0 Å². The van der Waals surface area contributed by atoms with Crippen molar-refractivity contribution in [1.82, 2.24) is 5.32 Å². The molecule has 2 rings (SSSR count). The van der Waals surface area contributed by atoms with E-state index in [1.54, 1.807) is 0 Å². The summed E-state index contributed by atoms with van der Waals surface area (Å²) in [5.41, 5.74) is 6.22. The summed E-state index contributed by atoms with van der Waals surface area (Å²) in [6, 6.07) is 4.12. The van der Waals surface area contributed by atoms with Gasteiger partial charge in [-0.05, 0) is 25.0 Å². The average molecular weight is 285 g/mol. The number of hydrogen-bond donors (Lipinski definition) is 2. The van der Waals surface area contributed by atoms with Crippen LogP contribution in [0.5, 0.6) is 0 Å². The Kier molecular flexibility index (Phi) is 4.77. The first-order valence-electron chi connectivity index (χ1n) is 6.60. The van der Waals surface area contributed by atoms with Crippen molar-refractivity contribution in [2.24, 2.45) is 5.73 Å². The molecule has 1 aromatic rings. The Morgan fingerprint density at radius 3 is 2.84 bits per heavy atom. The summed E-state index contributed by atoms with van der Waals surface area (Å²) < 4.78 is 13.3. The van der Waals surface area contributed by atoms with Gasteiger partial charge < -0.3 is 11.1 Å². The third-order valence-corrected chi connectivity index (χ3v) is 3.97. The Labute approximate surface area is 117 Å². The maximum atomic E-state index is 13.3. The predicted octanol–water partition coefficient (Wildman–Crippen LogP) is 2.87. The number of carbonyl (C=O) groups excluding carboxylic acids is 1. The zero-order chi connectivity index (χ0) is 13.8. The van der Waals surface area contributed by atoms with E-state index >= 15 is 0 Å². The molecule has 1 fully saturated rings. The largest absolute Gasteiger partial charge is 0.348 e. The summed E-state index contributed by atoms with van der Waals surface area (Å²) in [5.74, 6) is -0.939. The molecule has 3 N–H and O–H groups in total. The maximum Gasteiger partial charge on any atom is 0.253 e. The van der Waals surface area contributed by atoms with Gasteiger partial charge in [-0.25, -0.2) is 4.39 Å². The summed E-state index contributed by atoms with van der Waals surface area (Å²) in [6.07, 6.45) is 5.05. The van der Waals surface area contributed by atoms with Crippen molar-refractivity contribution < 1.29 is 9.18 Å². The van der Waals surface area contributed by atoms with Crippen molar-refractivity contribution >= 4 is 17.5 Å². The van der Waals surface area contributed by atoms with Gasteiger partial charge >= 0.3 is 0 Å². The lowest BCUT2D eigenvalue weighted by atomic mass is 10.0. The first-order valence-corrected chi connectivity index (χ1v) is 6.98. The van der Waals surface area contributed by atoms with Gasteiger partial charge in [0, 0.05) is 12.1 Å². The first kappa shape index (κ1) is 14.3. The van der Waals surface area contributed by atoms with Crippen LogP contribution in [0.4, 0.5) is 4.39 Å². The highest BCUT2D eigenvalue weighted by molar-refractivity contribution is 6.34. The van der Waals surface area contributed by atoms with Crippen molar-refractivity contribution in [3.05, 3.63) is 34.6 Å². The zero-order valence-electron chi connectivity index (χ0n) is 10.7. The van der Waals surface area contributed by atoms with Crippen molar-refractivity contribution in [2.45, 2.75) is 44.2 Å². The molecule has 0 spiro atoms. The van der Waals surface area contributed by atoms with Crippen molar-refractivity contribution in [3.8, 4) is 0 Å². The Morgan fingerprint density at radius 1 is 1.32 bits per heavy atom. The second kappa shape index (κ2) is 6.35. The molecule has 2 unspecified atom stereocenters. The van der Waals surface area contributed by atoms with E-state index in [2.05, 4.69) is 5.32 Å². The van der Waals surface area contributed by atoms with E-state index in [0.717, 1.165) is 32.1 Å². The second-order valence-electron chi connectivity index (χ2n) is 4.98. The molecule has 1 aliphatic carbocycles. The third-order valence-electron chi connectivity index (χ3n) is 3.58. The molecule has 19 heavy (non-hydrogen) atoms. The number of nitrogens with one attached hydrogen (secondary N) is 1. The van der Waals surface area contributed by atoms with Crippen LogP contribution >= 0.6 is 11.6 Å². The van der Waals surface area contributed by atoms with Gasteiger partial charge in [0.2, 0.25) is 0 Å². The standard InChI is InChI=1S/C14H18ClFN2O/c15-13-9(5-4-6-10(13)16)14(19)18-12-8-3-1-2-7-11(12)17/h4-6,11-12H,1-3,7-8,17H2,(H,18,19). The van der Waals surface area contributed by atoms with Crippen molar-refractivity contribution in [3.63, 3.8) is 0 Å². The van der Waals surface area contributed by atoms with Crippen LogP contribution in [0.2, 0.25) is 5.02 Å². The Balaban J connectivity index is 2.09. The normalized spacial score (nSPS) is 23.7. The van der Waals surface area contributed by atoms with E-state index in [1.165, 1.54) is 18.2 Å². The number of benzene rings is 1. The monoisotopic (exact) mass is 284 g/mol. The molecule has 1 saturated carbocycles. The van der Waals surface area contributed by atoms with Crippen LogP contribution in [0.15, 0.2) is 18.2 Å². The Bertz CT molecular complexity index is 467. The zero-order valence-corrected chi connectivity index (χ0v) is 11.4. The molecular weight excluding hydrogens is 267 g/mol. The van der Waals surface area contributed by atoms with Crippen molar-refractivity contribution in [1.29, 1.82) is 0 Å². The number of hydrogen-bond acceptors (Lipinski definition) is 2. The Hall–Kier alpha value is -1.13. The fourth-order valence-electron chi connectivity index (χ4n) is 2.44. The molecule has 2 atom stereocenters. The molecule has 104 valence electrons. The van der Waals surface area contributed by atoms with Gasteiger partial charge in [-0.1, -0.05) is 36.9 Å². The smallest absolute Gasteiger partial charge is 0.253 e. The SMILES string of the molecule is NC1CCCCCC1NC(=O)c1cccc(F)c1Cl. The quantitative estimate of drug-likeness (QED) is 0.821. The average Bonchev–Trinajstić information content (AvgIpc) is 2.58. The van der Waals surface area contributed by atoms with E-state index in [4.69, 9.17) is 17.3 Å². The molecule has 0 aromatic heterocycles. The lowest BCUT2D eigenvalue weighted by Gasteiger charge is -2.23. The topological polar surface area (TPSA) is 55.1 Å². The van der Waals surface area contributed by atoms with E-state index in [9.17, 15) is 9.18 Å². The molecular formula is C14H18ClFN2O. The second-order valence-corrected chi connectivity index (χ2v) is 5.36. The molecule has 1 aliphatic rings. The van der Waals surface area contributed by atoms with Gasteiger partial charge in [0.1, 0.15) is 5.82 Å². The summed E-state index contributed by atoms with van der Waals surface area (Å²) >= 11 is 5.81. The number of nitrogens with two attached hydrogens (primary N) is 1. The van der Waals surface area contributed by atoms with Gasteiger partial charge in [0.15, 0.2) is 0 Å². The summed E-state index contributed by atoms with van der Waals surface area (Å²) in [6.45, 7) is 0. The lowest BCUT2D eigenvalue weighted by Crippen LogP contribution is -2.47. The molecule has 0 radical (unpaired) electrons. The molecule has 0 saturated heterocycles. The number of halogens is 2. The molecule has 1 amide bonds. The van der Waals surface area contributed by atoms with Gasteiger partial charge in [0.05, 0.1) is 10.6 Å². The minimum Gasteiger partial charge on any atom is -0.348 e. The fraction of sp³-hybridized carbons (Fsp3) is 0.500. The van der Waals surface area contributed by atoms with E-state index in [-0.39, 0.29) is 28.6 Å². The molecule has 0 heterocycles.